The molecule has 3 aromatic heterocycles. The Kier molecular flexibility index (Phi) is 5.58. The predicted octanol–water partition coefficient (Wildman–Crippen LogP) is 4.40. The number of hydrogen-bond acceptors (Lipinski definition) is 6. The number of aryl methyl sites for hydroxylation is 1. The van der Waals surface area contributed by atoms with Crippen LogP contribution >= 0.6 is 0 Å². The third kappa shape index (κ3) is 3.77. The lowest BCUT2D eigenvalue weighted by atomic mass is 9.59. The molecule has 1 spiro atoms. The number of ether oxygens (including phenoxy) is 1. The van der Waals surface area contributed by atoms with E-state index in [-0.39, 0.29) is 34.7 Å². The monoisotopic (exact) mass is 455 g/mol. The number of carbonyl (C=O) groups is 1. The van der Waals surface area contributed by atoms with Crippen LogP contribution in [0, 0.1) is 28.9 Å². The van der Waals surface area contributed by atoms with Crippen molar-refractivity contribution >= 4 is 17.0 Å². The molecule has 7 nitrogen and oxygen atoms in total. The van der Waals surface area contributed by atoms with Gasteiger partial charge in [-0.3, -0.25) is 4.79 Å². The minimum Gasteiger partial charge on any atom is -0.469 e. The third-order valence-corrected chi connectivity index (χ3v) is 7.65. The molecule has 2 atom stereocenters. The summed E-state index contributed by atoms with van der Waals surface area (Å²) in [5.74, 6) is -1.32. The lowest BCUT2D eigenvalue weighted by molar-refractivity contribution is -0.152. The van der Waals surface area contributed by atoms with E-state index in [4.69, 9.17) is 4.74 Å². The van der Waals surface area contributed by atoms with Crippen molar-refractivity contribution in [3.8, 4) is 11.5 Å². The second-order valence-corrected chi connectivity index (χ2v) is 9.39. The van der Waals surface area contributed by atoms with Gasteiger partial charge in [0.15, 0.2) is 17.3 Å². The molecule has 2 aliphatic rings. The van der Waals surface area contributed by atoms with Crippen molar-refractivity contribution in [2.75, 3.05) is 7.11 Å². The van der Waals surface area contributed by atoms with Crippen molar-refractivity contribution in [1.82, 2.24) is 24.7 Å². The maximum Gasteiger partial charge on any atom is 0.308 e. The van der Waals surface area contributed by atoms with Crippen LogP contribution in [-0.2, 0) is 23.0 Å². The minimum atomic E-state index is -0.509. The Hall–Kier alpha value is -2.97. The fourth-order valence-electron chi connectivity index (χ4n) is 6.13. The molecule has 0 amide bonds. The van der Waals surface area contributed by atoms with Crippen LogP contribution < -0.4 is 0 Å². The van der Waals surface area contributed by atoms with Gasteiger partial charge in [-0.25, -0.2) is 28.4 Å². The molecule has 9 heteroatoms. The number of nitrogens with zero attached hydrogens (tertiary/aromatic N) is 5. The molecule has 3 heterocycles. The zero-order chi connectivity index (χ0) is 23.2. The van der Waals surface area contributed by atoms with E-state index in [0.29, 0.717) is 23.1 Å². The quantitative estimate of drug-likeness (QED) is 0.543. The molecule has 2 unspecified atom stereocenters. The highest BCUT2D eigenvalue weighted by atomic mass is 19.1. The molecular weight excluding hydrogens is 428 g/mol. The van der Waals surface area contributed by atoms with Gasteiger partial charge in [-0.1, -0.05) is 19.3 Å². The highest BCUT2D eigenvalue weighted by Crippen LogP contribution is 2.55. The fourth-order valence-corrected chi connectivity index (χ4v) is 6.13. The van der Waals surface area contributed by atoms with Crippen molar-refractivity contribution in [3.05, 3.63) is 35.8 Å². The Balaban J connectivity index is 1.55. The van der Waals surface area contributed by atoms with Gasteiger partial charge in [-0.15, -0.1) is 0 Å². The Bertz CT molecular complexity index is 1210. The van der Waals surface area contributed by atoms with E-state index in [0.717, 1.165) is 57.3 Å². The van der Waals surface area contributed by atoms with Gasteiger partial charge in [0.05, 0.1) is 36.5 Å². The third-order valence-electron chi connectivity index (χ3n) is 7.65. The Morgan fingerprint density at radius 3 is 2.70 bits per heavy atom. The topological polar surface area (TPSA) is 82.8 Å². The molecule has 0 radical (unpaired) electrons. The fraction of sp³-hybridized carbons (Fsp3) is 0.542. The molecule has 2 aliphatic carbocycles. The van der Waals surface area contributed by atoms with E-state index in [9.17, 15) is 13.6 Å². The normalized spacial score (nSPS) is 22.2. The summed E-state index contributed by atoms with van der Waals surface area (Å²) in [5, 5.41) is 4.88. The number of rotatable bonds is 4. The molecule has 0 saturated heterocycles. The molecule has 2 saturated carbocycles. The van der Waals surface area contributed by atoms with Crippen molar-refractivity contribution in [2.45, 2.75) is 51.4 Å². The highest BCUT2D eigenvalue weighted by molar-refractivity contribution is 5.89. The number of halogens is 2. The van der Waals surface area contributed by atoms with Crippen LogP contribution in [0.3, 0.4) is 0 Å². The van der Waals surface area contributed by atoms with E-state index in [1.165, 1.54) is 17.9 Å². The zero-order valence-electron chi connectivity index (χ0n) is 18.9. The second kappa shape index (κ2) is 8.43. The van der Waals surface area contributed by atoms with Crippen LogP contribution in [0.25, 0.3) is 22.6 Å². The maximum absolute atomic E-state index is 15.0. The average molecular weight is 456 g/mol. The van der Waals surface area contributed by atoms with E-state index in [2.05, 4.69) is 20.1 Å². The van der Waals surface area contributed by atoms with Gasteiger partial charge in [0, 0.05) is 7.05 Å². The molecule has 0 N–H and O–H groups in total. The van der Waals surface area contributed by atoms with Crippen LogP contribution in [0.5, 0.6) is 0 Å². The lowest BCUT2D eigenvalue weighted by Crippen LogP contribution is -2.42. The smallest absolute Gasteiger partial charge is 0.308 e. The molecule has 5 rings (SSSR count). The van der Waals surface area contributed by atoms with Gasteiger partial charge in [0.25, 0.3) is 0 Å². The summed E-state index contributed by atoms with van der Waals surface area (Å²) >= 11 is 0. The largest absolute Gasteiger partial charge is 0.469 e. The number of carbonyl (C=O) groups excluding carboxylic acids is 1. The molecule has 2 fully saturated rings. The summed E-state index contributed by atoms with van der Waals surface area (Å²) in [7, 11) is 3.12. The number of hydrogen-bond donors (Lipinski definition) is 0. The summed E-state index contributed by atoms with van der Waals surface area (Å²) in [6.07, 6.45) is 9.70. The summed E-state index contributed by atoms with van der Waals surface area (Å²) in [6.45, 7) is 0. The van der Waals surface area contributed by atoms with Crippen LogP contribution in [0.1, 0.15) is 50.6 Å². The second-order valence-electron chi connectivity index (χ2n) is 9.39. The first-order valence-electron chi connectivity index (χ1n) is 11.5. The first-order valence-corrected chi connectivity index (χ1v) is 11.5. The van der Waals surface area contributed by atoms with E-state index in [1.54, 1.807) is 7.05 Å². The van der Waals surface area contributed by atoms with E-state index >= 15 is 0 Å². The molecule has 0 aliphatic heterocycles. The molecule has 0 aromatic carbocycles. The average Bonchev–Trinajstić information content (AvgIpc) is 3.41. The lowest BCUT2D eigenvalue weighted by Gasteiger charge is -2.45. The van der Waals surface area contributed by atoms with Gasteiger partial charge < -0.3 is 4.74 Å². The first kappa shape index (κ1) is 21.9. The number of methoxy groups -OCH3 is 1. The number of aromatic nitrogens is 5. The Morgan fingerprint density at radius 1 is 1.18 bits per heavy atom. The van der Waals surface area contributed by atoms with Crippen molar-refractivity contribution in [1.29, 1.82) is 0 Å². The van der Waals surface area contributed by atoms with Gasteiger partial charge in [0.2, 0.25) is 0 Å². The number of fused-ring (bicyclic) bond motifs is 1. The standard InChI is InChI=1S/C24H27F2N5O2/c1-31-22-16(10-14(25)12-28-22)20(30-31)21-27-13-18(26)19(29-21)11-17-15(23(32)33-2)6-5-9-24(17)7-3-4-8-24/h10,12-13,15,17H,3-9,11H2,1-2H3. The summed E-state index contributed by atoms with van der Waals surface area (Å²) in [6, 6.07) is 1.33. The van der Waals surface area contributed by atoms with Crippen molar-refractivity contribution < 1.29 is 18.3 Å². The van der Waals surface area contributed by atoms with Crippen LogP contribution in [-0.4, -0.2) is 37.8 Å². The van der Waals surface area contributed by atoms with Gasteiger partial charge >= 0.3 is 5.97 Å². The zero-order valence-corrected chi connectivity index (χ0v) is 18.9. The molecule has 174 valence electrons. The Morgan fingerprint density at radius 2 is 1.94 bits per heavy atom. The minimum absolute atomic E-state index is 0.0133. The number of esters is 1. The van der Waals surface area contributed by atoms with Gasteiger partial charge in [-0.2, -0.15) is 5.10 Å². The summed E-state index contributed by atoms with van der Waals surface area (Å²) in [5.41, 5.74) is 1.11. The summed E-state index contributed by atoms with van der Waals surface area (Å²) < 4.78 is 35.5. The first-order chi connectivity index (χ1) is 15.9. The van der Waals surface area contributed by atoms with Gasteiger partial charge in [-0.05, 0) is 49.5 Å². The van der Waals surface area contributed by atoms with Crippen molar-refractivity contribution in [3.63, 3.8) is 0 Å². The molecular formula is C24H27F2N5O2. The SMILES string of the molecule is COC(=O)C1CCCC2(CCCC2)C1Cc1nc(-c2nn(C)c3ncc(F)cc23)ncc1F. The highest BCUT2D eigenvalue weighted by Gasteiger charge is 2.49. The van der Waals surface area contributed by atoms with E-state index in [1.807, 2.05) is 0 Å². The Labute approximate surface area is 190 Å². The predicted molar refractivity (Wildman–Crippen MR) is 117 cm³/mol. The molecule has 33 heavy (non-hydrogen) atoms. The van der Waals surface area contributed by atoms with Crippen LogP contribution in [0.4, 0.5) is 8.78 Å². The maximum atomic E-state index is 15.0. The summed E-state index contributed by atoms with van der Waals surface area (Å²) in [4.78, 5) is 25.4. The molecule has 0 bridgehead atoms. The van der Waals surface area contributed by atoms with Crippen LogP contribution in [0.15, 0.2) is 18.5 Å². The molecule has 3 aromatic rings. The van der Waals surface area contributed by atoms with Crippen molar-refractivity contribution in [2.24, 2.45) is 24.3 Å². The van der Waals surface area contributed by atoms with Crippen LogP contribution in [0.2, 0.25) is 0 Å². The van der Waals surface area contributed by atoms with E-state index < -0.39 is 11.6 Å². The number of pyridine rings is 1. The van der Waals surface area contributed by atoms with Gasteiger partial charge in [0.1, 0.15) is 11.5 Å².